The molecule has 0 aliphatic rings. The first-order valence-electron chi connectivity index (χ1n) is 5.30. The van der Waals surface area contributed by atoms with E-state index in [1.807, 2.05) is 13.8 Å². The van der Waals surface area contributed by atoms with Crippen LogP contribution in [-0.2, 0) is 0 Å². The van der Waals surface area contributed by atoms with Gasteiger partial charge in [-0.15, -0.1) is 0 Å². The first kappa shape index (κ1) is 12.3. The van der Waals surface area contributed by atoms with Crippen LogP contribution in [0, 0.1) is 5.82 Å². The summed E-state index contributed by atoms with van der Waals surface area (Å²) in [5.41, 5.74) is 4.03. The highest BCUT2D eigenvalue weighted by Crippen LogP contribution is 2.31. The van der Waals surface area contributed by atoms with Gasteiger partial charge in [-0.25, -0.2) is 15.2 Å². The van der Waals surface area contributed by atoms with Crippen LogP contribution in [0.4, 0.5) is 10.2 Å². The summed E-state index contributed by atoms with van der Waals surface area (Å²) in [7, 11) is 0. The van der Waals surface area contributed by atoms with Crippen LogP contribution in [0.5, 0.6) is 0 Å². The summed E-state index contributed by atoms with van der Waals surface area (Å²) in [5.74, 6) is 5.97. The molecule has 0 aliphatic heterocycles. The first-order chi connectivity index (χ1) is 8.04. The Labute approximate surface area is 107 Å². The maximum absolute atomic E-state index is 13.7. The second kappa shape index (κ2) is 4.58. The Hall–Kier alpha value is -1.20. The highest BCUT2D eigenvalue weighted by atomic mass is 79.9. The summed E-state index contributed by atoms with van der Waals surface area (Å²) >= 11 is 3.36. The predicted molar refractivity (Wildman–Crippen MR) is 71.3 cm³/mol. The van der Waals surface area contributed by atoms with Crippen LogP contribution in [0.3, 0.4) is 0 Å². The fraction of sp³-hybridized carbons (Fsp3) is 0.250. The van der Waals surface area contributed by atoms with Crippen LogP contribution < -0.4 is 11.3 Å². The van der Waals surface area contributed by atoms with Gasteiger partial charge in [0, 0.05) is 9.86 Å². The largest absolute Gasteiger partial charge is 0.308 e. The van der Waals surface area contributed by atoms with Gasteiger partial charge in [0.2, 0.25) is 0 Å². The van der Waals surface area contributed by atoms with Crippen molar-refractivity contribution in [3.05, 3.63) is 34.1 Å². The predicted octanol–water partition coefficient (Wildman–Crippen LogP) is 3.55. The lowest BCUT2D eigenvalue weighted by molar-refractivity contribution is 0.639. The quantitative estimate of drug-likeness (QED) is 0.658. The molecule has 1 aromatic carbocycles. The second-order valence-electron chi connectivity index (χ2n) is 4.15. The molecule has 0 amide bonds. The average molecular weight is 298 g/mol. The fourth-order valence-corrected chi connectivity index (χ4v) is 2.20. The van der Waals surface area contributed by atoms with E-state index in [-0.39, 0.29) is 11.7 Å². The van der Waals surface area contributed by atoms with Crippen molar-refractivity contribution in [3.8, 4) is 0 Å². The average Bonchev–Trinajstić information content (AvgIpc) is 2.32. The van der Waals surface area contributed by atoms with Gasteiger partial charge in [0.1, 0.15) is 11.6 Å². The molecule has 0 bridgehead atoms. The van der Waals surface area contributed by atoms with Crippen molar-refractivity contribution in [1.82, 2.24) is 4.98 Å². The zero-order valence-corrected chi connectivity index (χ0v) is 11.2. The first-order valence-corrected chi connectivity index (χ1v) is 6.09. The number of fused-ring (bicyclic) bond motifs is 1. The summed E-state index contributed by atoms with van der Waals surface area (Å²) < 4.78 is 14.5. The molecule has 17 heavy (non-hydrogen) atoms. The third-order valence-electron chi connectivity index (χ3n) is 2.67. The van der Waals surface area contributed by atoms with Gasteiger partial charge in [0.25, 0.3) is 0 Å². The number of hydrogen-bond donors (Lipinski definition) is 2. The number of halogens is 2. The number of anilines is 1. The van der Waals surface area contributed by atoms with Gasteiger partial charge in [0.05, 0.1) is 5.52 Å². The molecule has 3 nitrogen and oxygen atoms in total. The molecule has 0 saturated heterocycles. The highest BCUT2D eigenvalue weighted by Gasteiger charge is 2.13. The van der Waals surface area contributed by atoms with Crippen molar-refractivity contribution < 1.29 is 4.39 Å². The van der Waals surface area contributed by atoms with Crippen molar-refractivity contribution in [2.24, 2.45) is 5.84 Å². The summed E-state index contributed by atoms with van der Waals surface area (Å²) in [6.45, 7) is 4.03. The second-order valence-corrected chi connectivity index (χ2v) is 5.00. The third-order valence-corrected chi connectivity index (χ3v) is 3.31. The molecule has 0 atom stereocenters. The van der Waals surface area contributed by atoms with E-state index < -0.39 is 0 Å². The number of aromatic nitrogens is 1. The Bertz CT molecular complexity index is 569. The van der Waals surface area contributed by atoms with Gasteiger partial charge in [-0.1, -0.05) is 13.8 Å². The van der Waals surface area contributed by atoms with Gasteiger partial charge in [-0.2, -0.15) is 0 Å². The van der Waals surface area contributed by atoms with Gasteiger partial charge < -0.3 is 5.43 Å². The molecule has 90 valence electrons. The number of nitrogen functional groups attached to an aromatic ring is 1. The number of nitrogens with two attached hydrogens (primary N) is 1. The van der Waals surface area contributed by atoms with Gasteiger partial charge >= 0.3 is 0 Å². The number of nitrogens with one attached hydrogen (secondary N) is 1. The number of hydrazine groups is 1. The molecule has 0 unspecified atom stereocenters. The minimum Gasteiger partial charge on any atom is -0.308 e. The number of benzene rings is 1. The van der Waals surface area contributed by atoms with E-state index in [0.717, 1.165) is 10.0 Å². The topological polar surface area (TPSA) is 50.9 Å². The number of rotatable bonds is 2. The van der Waals surface area contributed by atoms with Gasteiger partial charge in [0.15, 0.2) is 0 Å². The molecule has 2 rings (SSSR count). The molecule has 0 radical (unpaired) electrons. The smallest absolute Gasteiger partial charge is 0.144 e. The van der Waals surface area contributed by atoms with E-state index >= 15 is 0 Å². The lowest BCUT2D eigenvalue weighted by atomic mass is 10.0. The minimum atomic E-state index is -0.277. The number of hydrogen-bond acceptors (Lipinski definition) is 3. The molecular formula is C12H13BrFN3. The maximum Gasteiger partial charge on any atom is 0.144 e. The monoisotopic (exact) mass is 297 g/mol. The standard InChI is InChI=1S/C12H13BrFN3/c1-6(2)7-5-8-10(14)4-3-9(13)11(8)16-12(7)17-15/h3-6H,15H2,1-2H3,(H,16,17). The molecule has 5 heteroatoms. The van der Waals surface area contributed by atoms with Crippen LogP contribution in [0.2, 0.25) is 0 Å². The van der Waals surface area contributed by atoms with Crippen molar-refractivity contribution >= 4 is 32.7 Å². The van der Waals surface area contributed by atoms with E-state index in [2.05, 4.69) is 26.3 Å². The molecule has 1 heterocycles. The normalized spacial score (nSPS) is 11.2. The minimum absolute atomic E-state index is 0.219. The third kappa shape index (κ3) is 2.12. The van der Waals surface area contributed by atoms with Crippen molar-refractivity contribution in [2.45, 2.75) is 19.8 Å². The molecule has 0 fully saturated rings. The summed E-state index contributed by atoms with van der Waals surface area (Å²) in [6.07, 6.45) is 0. The Kier molecular flexibility index (Phi) is 3.31. The highest BCUT2D eigenvalue weighted by molar-refractivity contribution is 9.10. The zero-order valence-electron chi connectivity index (χ0n) is 9.59. The number of nitrogens with zero attached hydrogens (tertiary/aromatic N) is 1. The lowest BCUT2D eigenvalue weighted by Crippen LogP contribution is -2.12. The van der Waals surface area contributed by atoms with E-state index in [1.54, 1.807) is 12.1 Å². The van der Waals surface area contributed by atoms with E-state index in [4.69, 9.17) is 5.84 Å². The maximum atomic E-state index is 13.7. The van der Waals surface area contributed by atoms with Crippen LogP contribution in [-0.4, -0.2) is 4.98 Å². The van der Waals surface area contributed by atoms with Crippen LogP contribution in [0.1, 0.15) is 25.3 Å². The SMILES string of the molecule is CC(C)c1cc2c(F)ccc(Br)c2nc1NN. The summed E-state index contributed by atoms with van der Waals surface area (Å²) in [5, 5.41) is 0.502. The van der Waals surface area contributed by atoms with Crippen molar-refractivity contribution in [1.29, 1.82) is 0 Å². The zero-order chi connectivity index (χ0) is 12.6. The van der Waals surface area contributed by atoms with Gasteiger partial charge in [-0.05, 0) is 45.6 Å². The lowest BCUT2D eigenvalue weighted by Gasteiger charge is -2.13. The Morgan fingerprint density at radius 2 is 2.12 bits per heavy atom. The molecular weight excluding hydrogens is 285 g/mol. The fourth-order valence-electron chi connectivity index (χ4n) is 1.76. The van der Waals surface area contributed by atoms with E-state index in [0.29, 0.717) is 16.7 Å². The molecule has 2 aromatic rings. The molecule has 1 aromatic heterocycles. The van der Waals surface area contributed by atoms with Crippen LogP contribution in [0.25, 0.3) is 10.9 Å². The summed E-state index contributed by atoms with van der Waals surface area (Å²) in [4.78, 5) is 4.35. The van der Waals surface area contributed by atoms with E-state index in [1.165, 1.54) is 6.07 Å². The van der Waals surface area contributed by atoms with Crippen LogP contribution >= 0.6 is 15.9 Å². The molecule has 0 spiro atoms. The Balaban J connectivity index is 2.83. The Morgan fingerprint density at radius 3 is 2.71 bits per heavy atom. The van der Waals surface area contributed by atoms with Gasteiger partial charge in [-0.3, -0.25) is 0 Å². The van der Waals surface area contributed by atoms with E-state index in [9.17, 15) is 4.39 Å². The molecule has 3 N–H and O–H groups in total. The van der Waals surface area contributed by atoms with Crippen molar-refractivity contribution in [3.63, 3.8) is 0 Å². The van der Waals surface area contributed by atoms with Crippen LogP contribution in [0.15, 0.2) is 22.7 Å². The molecule has 0 saturated carbocycles. The molecule has 0 aliphatic carbocycles. The van der Waals surface area contributed by atoms with Crippen molar-refractivity contribution in [2.75, 3.05) is 5.43 Å². The number of pyridine rings is 1. The Morgan fingerprint density at radius 1 is 1.41 bits per heavy atom. The summed E-state index contributed by atoms with van der Waals surface area (Å²) in [6, 6.07) is 4.86.